The minimum absolute atomic E-state index is 0.0288. The number of nitrogens with zero attached hydrogens (tertiary/aromatic N) is 3. The van der Waals surface area contributed by atoms with Crippen LogP contribution >= 0.6 is 22.9 Å². The Morgan fingerprint density at radius 1 is 1.11 bits per heavy atom. The molecule has 2 heterocycles. The molecule has 1 aliphatic heterocycles. The Labute approximate surface area is 214 Å². The summed E-state index contributed by atoms with van der Waals surface area (Å²) < 4.78 is 0. The second-order valence-corrected chi connectivity index (χ2v) is 10.9. The first-order chi connectivity index (χ1) is 16.7. The largest absolute Gasteiger partial charge is 0.349 e. The molecule has 0 saturated heterocycles. The van der Waals surface area contributed by atoms with Gasteiger partial charge in [0, 0.05) is 55.1 Å². The fourth-order valence-electron chi connectivity index (χ4n) is 4.61. The molecule has 0 radical (unpaired) electrons. The number of likely N-dealkylation sites (N-methyl/N-ethyl adjacent to an activating group) is 1. The predicted molar refractivity (Wildman–Crippen MR) is 137 cm³/mol. The number of hydrogen-bond donors (Lipinski definition) is 3. The molecule has 3 unspecified atom stereocenters. The summed E-state index contributed by atoms with van der Waals surface area (Å²) in [4.78, 5) is 48.0. The van der Waals surface area contributed by atoms with Crippen molar-refractivity contribution in [2.75, 3.05) is 33.0 Å². The fraction of sp³-hybridized carbons (Fsp3) is 0.500. The third-order valence-corrected chi connectivity index (χ3v) is 7.82. The highest BCUT2D eigenvalue weighted by Gasteiger charge is 2.37. The number of carbonyl (C=O) groups is 3. The molecule has 1 aromatic carbocycles. The van der Waals surface area contributed by atoms with E-state index in [1.807, 2.05) is 0 Å². The van der Waals surface area contributed by atoms with E-state index in [4.69, 9.17) is 11.6 Å². The van der Waals surface area contributed by atoms with Crippen LogP contribution in [0.3, 0.4) is 0 Å². The molecule has 2 aromatic rings. The summed E-state index contributed by atoms with van der Waals surface area (Å²) in [6.45, 7) is 1.71. The number of rotatable bonds is 5. The molecule has 3 atom stereocenters. The van der Waals surface area contributed by atoms with Crippen LogP contribution in [0.4, 0.5) is 10.5 Å². The predicted octanol–water partition coefficient (Wildman–Crippen LogP) is 2.96. The van der Waals surface area contributed by atoms with Crippen LogP contribution in [-0.2, 0) is 17.8 Å². The average Bonchev–Trinajstić information content (AvgIpc) is 3.24. The molecule has 2 aliphatic rings. The maximum absolute atomic E-state index is 13.2. The van der Waals surface area contributed by atoms with Gasteiger partial charge in [0.25, 0.3) is 5.91 Å². The second kappa shape index (κ2) is 10.9. The molecule has 4 rings (SSSR count). The van der Waals surface area contributed by atoms with Gasteiger partial charge >= 0.3 is 6.03 Å². The van der Waals surface area contributed by atoms with Gasteiger partial charge in [0.1, 0.15) is 0 Å². The van der Waals surface area contributed by atoms with Gasteiger partial charge in [-0.2, -0.15) is 0 Å². The van der Waals surface area contributed by atoms with E-state index in [-0.39, 0.29) is 29.8 Å². The molecule has 1 aromatic heterocycles. The topological polar surface area (TPSA) is 107 Å². The first kappa shape index (κ1) is 25.4. The van der Waals surface area contributed by atoms with E-state index in [2.05, 4.69) is 32.9 Å². The number of anilines is 1. The number of aromatic nitrogens is 1. The molecule has 1 fully saturated rings. The zero-order chi connectivity index (χ0) is 25.1. The Morgan fingerprint density at radius 2 is 1.86 bits per heavy atom. The molecule has 0 bridgehead atoms. The number of halogens is 1. The minimum atomic E-state index is -0.398. The van der Waals surface area contributed by atoms with Gasteiger partial charge in [-0.1, -0.05) is 11.6 Å². The smallest absolute Gasteiger partial charge is 0.319 e. The molecule has 3 N–H and O–H groups in total. The van der Waals surface area contributed by atoms with Crippen LogP contribution in [0.1, 0.15) is 39.6 Å². The molecule has 1 aliphatic carbocycles. The SMILES string of the molecule is CN1CCc2nc(C(=O)NC3CC(C(=O)N(C)C)CCC3NC(=O)Nc3ccc(Cl)cc3)sc2C1. The fourth-order valence-corrected chi connectivity index (χ4v) is 5.83. The summed E-state index contributed by atoms with van der Waals surface area (Å²) in [5, 5.41) is 9.86. The Bertz CT molecular complexity index is 1090. The van der Waals surface area contributed by atoms with Gasteiger partial charge in [-0.25, -0.2) is 9.78 Å². The van der Waals surface area contributed by atoms with Crippen LogP contribution < -0.4 is 16.0 Å². The summed E-state index contributed by atoms with van der Waals surface area (Å²) in [7, 11) is 5.52. The summed E-state index contributed by atoms with van der Waals surface area (Å²) >= 11 is 7.33. The second-order valence-electron chi connectivity index (χ2n) is 9.41. The zero-order valence-corrected chi connectivity index (χ0v) is 21.7. The van der Waals surface area contributed by atoms with E-state index in [0.717, 1.165) is 30.1 Å². The van der Waals surface area contributed by atoms with E-state index in [9.17, 15) is 14.4 Å². The van der Waals surface area contributed by atoms with Gasteiger partial charge in [-0.3, -0.25) is 9.59 Å². The Balaban J connectivity index is 1.46. The summed E-state index contributed by atoms with van der Waals surface area (Å²) in [6, 6.07) is 5.74. The van der Waals surface area contributed by atoms with Crippen LogP contribution in [0, 0.1) is 5.92 Å². The average molecular weight is 519 g/mol. The number of carbonyl (C=O) groups excluding carboxylic acids is 3. The molecule has 188 valence electrons. The van der Waals surface area contributed by atoms with Crippen molar-refractivity contribution in [2.24, 2.45) is 5.92 Å². The molecule has 1 saturated carbocycles. The quantitative estimate of drug-likeness (QED) is 0.564. The molecular weight excluding hydrogens is 488 g/mol. The van der Waals surface area contributed by atoms with Crippen molar-refractivity contribution in [1.82, 2.24) is 25.4 Å². The molecule has 11 heteroatoms. The highest BCUT2D eigenvalue weighted by Crippen LogP contribution is 2.28. The normalized spacial score (nSPS) is 22.1. The van der Waals surface area contributed by atoms with Crippen molar-refractivity contribution in [1.29, 1.82) is 0 Å². The highest BCUT2D eigenvalue weighted by molar-refractivity contribution is 7.13. The van der Waals surface area contributed by atoms with Crippen molar-refractivity contribution in [2.45, 2.75) is 44.3 Å². The van der Waals surface area contributed by atoms with Crippen LogP contribution in [-0.4, -0.2) is 72.4 Å². The number of urea groups is 1. The zero-order valence-electron chi connectivity index (χ0n) is 20.1. The molecule has 9 nitrogen and oxygen atoms in total. The lowest BCUT2D eigenvalue weighted by Gasteiger charge is -2.37. The number of amides is 4. The summed E-state index contributed by atoms with van der Waals surface area (Å²) in [5.41, 5.74) is 1.60. The van der Waals surface area contributed by atoms with Crippen molar-refractivity contribution in [3.63, 3.8) is 0 Å². The third kappa shape index (κ3) is 6.31. The number of benzene rings is 1. The van der Waals surface area contributed by atoms with Crippen molar-refractivity contribution in [3.05, 3.63) is 44.9 Å². The molecular formula is C24H31ClN6O3S. The van der Waals surface area contributed by atoms with Crippen molar-refractivity contribution >= 4 is 46.5 Å². The van der Waals surface area contributed by atoms with Crippen molar-refractivity contribution < 1.29 is 14.4 Å². The number of fused-ring (bicyclic) bond motifs is 1. The lowest BCUT2D eigenvalue weighted by molar-refractivity contribution is -0.134. The van der Waals surface area contributed by atoms with Crippen LogP contribution in [0.15, 0.2) is 24.3 Å². The molecule has 0 spiro atoms. The van der Waals surface area contributed by atoms with E-state index < -0.39 is 6.04 Å². The Kier molecular flexibility index (Phi) is 7.93. The maximum Gasteiger partial charge on any atom is 0.319 e. The van der Waals surface area contributed by atoms with Gasteiger partial charge in [0.05, 0.1) is 17.8 Å². The van der Waals surface area contributed by atoms with Crippen LogP contribution in [0.2, 0.25) is 5.02 Å². The monoisotopic (exact) mass is 518 g/mol. The molecule has 4 amide bonds. The lowest BCUT2D eigenvalue weighted by Crippen LogP contribution is -2.56. The van der Waals surface area contributed by atoms with Crippen LogP contribution in [0.25, 0.3) is 0 Å². The lowest BCUT2D eigenvalue weighted by atomic mass is 9.81. The minimum Gasteiger partial charge on any atom is -0.349 e. The van der Waals surface area contributed by atoms with E-state index in [1.54, 1.807) is 43.3 Å². The van der Waals surface area contributed by atoms with E-state index in [0.29, 0.717) is 35.0 Å². The van der Waals surface area contributed by atoms with Gasteiger partial charge < -0.3 is 25.8 Å². The van der Waals surface area contributed by atoms with Gasteiger partial charge in [-0.05, 0) is 50.6 Å². The highest BCUT2D eigenvalue weighted by atomic mass is 35.5. The van der Waals surface area contributed by atoms with E-state index >= 15 is 0 Å². The maximum atomic E-state index is 13.2. The van der Waals surface area contributed by atoms with Crippen LogP contribution in [0.5, 0.6) is 0 Å². The first-order valence-corrected chi connectivity index (χ1v) is 12.9. The Morgan fingerprint density at radius 3 is 2.57 bits per heavy atom. The Hall–Kier alpha value is -2.69. The number of hydrogen-bond acceptors (Lipinski definition) is 6. The van der Waals surface area contributed by atoms with E-state index in [1.165, 1.54) is 11.3 Å². The third-order valence-electron chi connectivity index (χ3n) is 6.49. The van der Waals surface area contributed by atoms with Gasteiger partial charge in [0.2, 0.25) is 5.91 Å². The van der Waals surface area contributed by atoms with Gasteiger partial charge in [0.15, 0.2) is 5.01 Å². The summed E-state index contributed by atoms with van der Waals surface area (Å²) in [5.74, 6) is -0.452. The number of nitrogens with one attached hydrogen (secondary N) is 3. The summed E-state index contributed by atoms with van der Waals surface area (Å²) in [6.07, 6.45) is 2.48. The van der Waals surface area contributed by atoms with Gasteiger partial charge in [-0.15, -0.1) is 11.3 Å². The standard InChI is InChI=1S/C24H31ClN6O3S/c1-30(2)23(33)14-4-9-17(29-24(34)26-16-7-5-15(25)6-8-16)19(12-14)27-21(32)22-28-18-10-11-31(3)13-20(18)35-22/h5-8,14,17,19H,4,9-13H2,1-3H3,(H,27,32)(H2,26,29,34). The van der Waals surface area contributed by atoms with Crippen molar-refractivity contribution in [3.8, 4) is 0 Å². The molecule has 35 heavy (non-hydrogen) atoms. The first-order valence-electron chi connectivity index (χ1n) is 11.7. The number of thiazole rings is 1.